The SMILES string of the molecule is O=C(CC1CCCCC1)N1CCN(Cc2noc3ccccc23)CC1. The van der Waals surface area contributed by atoms with Crippen molar-refractivity contribution in [1.29, 1.82) is 0 Å². The molecule has 2 fully saturated rings. The van der Waals surface area contributed by atoms with E-state index in [4.69, 9.17) is 4.52 Å². The Kier molecular flexibility index (Phi) is 5.02. The Bertz CT molecular complexity index is 713. The predicted molar refractivity (Wildman–Crippen MR) is 97.1 cm³/mol. The van der Waals surface area contributed by atoms with Gasteiger partial charge in [0.15, 0.2) is 5.58 Å². The number of carbonyl (C=O) groups is 1. The quantitative estimate of drug-likeness (QED) is 0.855. The minimum atomic E-state index is 0.360. The van der Waals surface area contributed by atoms with E-state index in [2.05, 4.69) is 21.0 Å². The molecule has 1 aliphatic heterocycles. The summed E-state index contributed by atoms with van der Waals surface area (Å²) in [4.78, 5) is 17.0. The molecule has 1 saturated heterocycles. The van der Waals surface area contributed by atoms with Gasteiger partial charge in [0.25, 0.3) is 0 Å². The maximum absolute atomic E-state index is 12.5. The Morgan fingerprint density at radius 2 is 1.84 bits per heavy atom. The van der Waals surface area contributed by atoms with Crippen LogP contribution in [0.2, 0.25) is 0 Å². The van der Waals surface area contributed by atoms with Crippen LogP contribution in [-0.4, -0.2) is 47.0 Å². The summed E-state index contributed by atoms with van der Waals surface area (Å²) in [6.45, 7) is 4.29. The Morgan fingerprint density at radius 1 is 1.08 bits per heavy atom. The van der Waals surface area contributed by atoms with Crippen molar-refractivity contribution in [3.63, 3.8) is 0 Å². The molecule has 2 heterocycles. The van der Waals surface area contributed by atoms with E-state index < -0.39 is 0 Å². The molecule has 2 aromatic rings. The van der Waals surface area contributed by atoms with Crippen LogP contribution in [0.4, 0.5) is 0 Å². The second kappa shape index (κ2) is 7.56. The lowest BCUT2D eigenvalue weighted by Crippen LogP contribution is -2.48. The highest BCUT2D eigenvalue weighted by molar-refractivity contribution is 5.79. The number of para-hydroxylation sites is 1. The second-order valence-corrected chi connectivity index (χ2v) is 7.49. The van der Waals surface area contributed by atoms with Crippen LogP contribution >= 0.6 is 0 Å². The fraction of sp³-hybridized carbons (Fsp3) is 0.600. The minimum absolute atomic E-state index is 0.360. The lowest BCUT2D eigenvalue weighted by atomic mass is 9.86. The third kappa shape index (κ3) is 3.87. The molecule has 5 nitrogen and oxygen atoms in total. The molecule has 1 aromatic heterocycles. The average Bonchev–Trinajstić information content (AvgIpc) is 3.06. The molecule has 0 spiro atoms. The first-order valence-corrected chi connectivity index (χ1v) is 9.63. The fourth-order valence-corrected chi connectivity index (χ4v) is 4.19. The monoisotopic (exact) mass is 341 g/mol. The highest BCUT2D eigenvalue weighted by atomic mass is 16.5. The van der Waals surface area contributed by atoms with Crippen molar-refractivity contribution in [2.24, 2.45) is 5.92 Å². The number of hydrogen-bond donors (Lipinski definition) is 0. The van der Waals surface area contributed by atoms with Crippen LogP contribution in [0.1, 0.15) is 44.2 Å². The van der Waals surface area contributed by atoms with Gasteiger partial charge in [-0.1, -0.05) is 36.6 Å². The number of nitrogens with zero attached hydrogens (tertiary/aromatic N) is 3. The van der Waals surface area contributed by atoms with Gasteiger partial charge in [-0.3, -0.25) is 9.69 Å². The van der Waals surface area contributed by atoms with Crippen LogP contribution in [0.15, 0.2) is 28.8 Å². The number of fused-ring (bicyclic) bond motifs is 1. The molecule has 1 aliphatic carbocycles. The molecule has 1 amide bonds. The molecule has 2 aliphatic rings. The van der Waals surface area contributed by atoms with Crippen LogP contribution in [0.5, 0.6) is 0 Å². The number of aromatic nitrogens is 1. The molecular weight excluding hydrogens is 314 g/mol. The van der Waals surface area contributed by atoms with Gasteiger partial charge < -0.3 is 9.42 Å². The molecule has 4 rings (SSSR count). The van der Waals surface area contributed by atoms with Crippen LogP contribution in [-0.2, 0) is 11.3 Å². The van der Waals surface area contributed by atoms with Crippen molar-refractivity contribution in [3.8, 4) is 0 Å². The molecule has 25 heavy (non-hydrogen) atoms. The van der Waals surface area contributed by atoms with Crippen molar-refractivity contribution in [2.75, 3.05) is 26.2 Å². The first kappa shape index (κ1) is 16.6. The largest absolute Gasteiger partial charge is 0.356 e. The minimum Gasteiger partial charge on any atom is -0.356 e. The molecule has 0 unspecified atom stereocenters. The van der Waals surface area contributed by atoms with Crippen molar-refractivity contribution >= 4 is 16.9 Å². The maximum Gasteiger partial charge on any atom is 0.222 e. The summed E-state index contributed by atoms with van der Waals surface area (Å²) >= 11 is 0. The standard InChI is InChI=1S/C20H27N3O2/c24-20(14-16-6-2-1-3-7-16)23-12-10-22(11-13-23)15-18-17-8-4-5-9-19(17)25-21-18/h4-5,8-9,16H,1-3,6-7,10-15H2. The highest BCUT2D eigenvalue weighted by Crippen LogP contribution is 2.27. The summed E-state index contributed by atoms with van der Waals surface area (Å²) in [5.41, 5.74) is 1.84. The van der Waals surface area contributed by atoms with E-state index in [1.54, 1.807) is 0 Å². The maximum atomic E-state index is 12.5. The van der Waals surface area contributed by atoms with Gasteiger partial charge in [0.2, 0.25) is 5.91 Å². The molecule has 0 N–H and O–H groups in total. The highest BCUT2D eigenvalue weighted by Gasteiger charge is 2.25. The van der Waals surface area contributed by atoms with Gasteiger partial charge in [-0.15, -0.1) is 0 Å². The zero-order chi connectivity index (χ0) is 17.1. The number of piperazine rings is 1. The molecule has 0 radical (unpaired) electrons. The Hall–Kier alpha value is -1.88. The molecule has 134 valence electrons. The van der Waals surface area contributed by atoms with Gasteiger partial charge >= 0.3 is 0 Å². The van der Waals surface area contributed by atoms with Crippen molar-refractivity contribution in [2.45, 2.75) is 45.1 Å². The number of benzene rings is 1. The van der Waals surface area contributed by atoms with Gasteiger partial charge in [0.05, 0.1) is 0 Å². The summed E-state index contributed by atoms with van der Waals surface area (Å²) in [5, 5.41) is 5.32. The lowest BCUT2D eigenvalue weighted by molar-refractivity contribution is -0.134. The van der Waals surface area contributed by atoms with Crippen molar-refractivity contribution in [3.05, 3.63) is 30.0 Å². The van der Waals surface area contributed by atoms with Gasteiger partial charge in [-0.25, -0.2) is 0 Å². The Labute approximate surface area is 148 Å². The van der Waals surface area contributed by atoms with Crippen LogP contribution < -0.4 is 0 Å². The summed E-state index contributed by atoms with van der Waals surface area (Å²) in [7, 11) is 0. The summed E-state index contributed by atoms with van der Waals surface area (Å²) in [6, 6.07) is 8.00. The second-order valence-electron chi connectivity index (χ2n) is 7.49. The molecule has 1 aromatic carbocycles. The molecule has 0 bridgehead atoms. The first-order chi connectivity index (χ1) is 12.3. The van der Waals surface area contributed by atoms with E-state index >= 15 is 0 Å². The number of carbonyl (C=O) groups excluding carboxylic acids is 1. The van der Waals surface area contributed by atoms with Crippen LogP contribution in [0.3, 0.4) is 0 Å². The lowest BCUT2D eigenvalue weighted by Gasteiger charge is -2.35. The van der Waals surface area contributed by atoms with E-state index in [0.717, 1.165) is 55.8 Å². The van der Waals surface area contributed by atoms with E-state index in [9.17, 15) is 4.79 Å². The summed E-state index contributed by atoms with van der Waals surface area (Å²) in [6.07, 6.45) is 7.19. The number of rotatable bonds is 4. The zero-order valence-corrected chi connectivity index (χ0v) is 14.8. The fourth-order valence-electron chi connectivity index (χ4n) is 4.19. The van der Waals surface area contributed by atoms with Gasteiger partial charge in [-0.05, 0) is 30.9 Å². The van der Waals surface area contributed by atoms with Crippen LogP contribution in [0.25, 0.3) is 11.0 Å². The normalized spacial score (nSPS) is 20.2. The molecule has 1 saturated carbocycles. The van der Waals surface area contributed by atoms with E-state index in [-0.39, 0.29) is 0 Å². The number of hydrogen-bond acceptors (Lipinski definition) is 4. The Morgan fingerprint density at radius 3 is 2.64 bits per heavy atom. The number of amides is 1. The molecule has 5 heteroatoms. The topological polar surface area (TPSA) is 49.6 Å². The smallest absolute Gasteiger partial charge is 0.222 e. The average molecular weight is 341 g/mol. The third-order valence-electron chi connectivity index (χ3n) is 5.74. The predicted octanol–water partition coefficient (Wildman–Crippen LogP) is 3.44. The van der Waals surface area contributed by atoms with Crippen LogP contribution in [0, 0.1) is 5.92 Å². The van der Waals surface area contributed by atoms with Crippen molar-refractivity contribution < 1.29 is 9.32 Å². The molecule has 0 atom stereocenters. The van der Waals surface area contributed by atoms with E-state index in [1.165, 1.54) is 32.1 Å². The Balaban J connectivity index is 1.28. The third-order valence-corrected chi connectivity index (χ3v) is 5.74. The van der Waals surface area contributed by atoms with E-state index in [0.29, 0.717) is 11.8 Å². The summed E-state index contributed by atoms with van der Waals surface area (Å²) < 4.78 is 5.39. The van der Waals surface area contributed by atoms with Gasteiger partial charge in [-0.2, -0.15) is 0 Å². The molecular formula is C20H27N3O2. The summed E-state index contributed by atoms with van der Waals surface area (Å²) in [5.74, 6) is 0.985. The van der Waals surface area contributed by atoms with Gasteiger partial charge in [0, 0.05) is 44.5 Å². The van der Waals surface area contributed by atoms with Crippen molar-refractivity contribution in [1.82, 2.24) is 15.0 Å². The van der Waals surface area contributed by atoms with E-state index in [1.807, 2.05) is 18.2 Å². The zero-order valence-electron chi connectivity index (χ0n) is 14.8. The first-order valence-electron chi connectivity index (χ1n) is 9.63. The van der Waals surface area contributed by atoms with Gasteiger partial charge in [0.1, 0.15) is 5.69 Å².